The van der Waals surface area contributed by atoms with E-state index < -0.39 is 0 Å². The summed E-state index contributed by atoms with van der Waals surface area (Å²) < 4.78 is 6.53. The SMILES string of the molecule is CCOC(=O)N1CCN(C(=O)Cn2ncc(Cl)c2C)CC1. The minimum atomic E-state index is -0.320. The summed E-state index contributed by atoms with van der Waals surface area (Å²) in [7, 11) is 0. The van der Waals surface area contributed by atoms with E-state index in [-0.39, 0.29) is 18.5 Å². The van der Waals surface area contributed by atoms with Crippen LogP contribution in [0.2, 0.25) is 5.02 Å². The lowest BCUT2D eigenvalue weighted by molar-refractivity contribution is -0.133. The molecule has 1 fully saturated rings. The smallest absolute Gasteiger partial charge is 0.409 e. The fourth-order valence-corrected chi connectivity index (χ4v) is 2.31. The summed E-state index contributed by atoms with van der Waals surface area (Å²) in [5.74, 6) is -0.0265. The number of halogens is 1. The molecule has 0 saturated carbocycles. The van der Waals surface area contributed by atoms with Crippen LogP contribution >= 0.6 is 11.6 Å². The molecule has 0 bridgehead atoms. The molecule has 1 aromatic rings. The highest BCUT2D eigenvalue weighted by Gasteiger charge is 2.25. The first-order chi connectivity index (χ1) is 10.0. The Balaban J connectivity index is 1.86. The molecule has 0 aliphatic carbocycles. The van der Waals surface area contributed by atoms with Gasteiger partial charge in [-0.1, -0.05) is 11.6 Å². The van der Waals surface area contributed by atoms with Gasteiger partial charge in [0.25, 0.3) is 0 Å². The van der Waals surface area contributed by atoms with Gasteiger partial charge in [0.05, 0.1) is 23.5 Å². The van der Waals surface area contributed by atoms with Gasteiger partial charge >= 0.3 is 6.09 Å². The van der Waals surface area contributed by atoms with E-state index in [1.165, 1.54) is 6.20 Å². The van der Waals surface area contributed by atoms with Gasteiger partial charge in [0, 0.05) is 26.2 Å². The van der Waals surface area contributed by atoms with Crippen molar-refractivity contribution in [2.24, 2.45) is 0 Å². The summed E-state index contributed by atoms with van der Waals surface area (Å²) in [5, 5.41) is 4.62. The van der Waals surface area contributed by atoms with Crippen molar-refractivity contribution in [1.29, 1.82) is 0 Å². The van der Waals surface area contributed by atoms with Gasteiger partial charge in [-0.25, -0.2) is 4.79 Å². The van der Waals surface area contributed by atoms with Crippen molar-refractivity contribution < 1.29 is 14.3 Å². The summed E-state index contributed by atoms with van der Waals surface area (Å²) in [4.78, 5) is 27.1. The number of nitrogens with zero attached hydrogens (tertiary/aromatic N) is 4. The van der Waals surface area contributed by atoms with Gasteiger partial charge in [0.15, 0.2) is 0 Å². The standard InChI is InChI=1S/C13H19ClN4O3/c1-3-21-13(20)17-6-4-16(5-7-17)12(19)9-18-10(2)11(14)8-15-18/h8H,3-7,9H2,1-2H3. The van der Waals surface area contributed by atoms with Crippen molar-refractivity contribution in [3.8, 4) is 0 Å². The van der Waals surface area contributed by atoms with Crippen LogP contribution in [0.1, 0.15) is 12.6 Å². The first-order valence-electron chi connectivity index (χ1n) is 6.90. The third-order valence-electron chi connectivity index (χ3n) is 3.49. The number of aromatic nitrogens is 2. The Bertz CT molecular complexity index is 523. The Kier molecular flexibility index (Phi) is 5.06. The minimum Gasteiger partial charge on any atom is -0.450 e. The van der Waals surface area contributed by atoms with Crippen LogP contribution in [0.25, 0.3) is 0 Å². The van der Waals surface area contributed by atoms with Crippen LogP contribution in [-0.4, -0.2) is 64.4 Å². The molecule has 8 heteroatoms. The molecule has 0 unspecified atom stereocenters. The summed E-state index contributed by atoms with van der Waals surface area (Å²) in [6.45, 7) is 6.11. The molecule has 0 radical (unpaired) electrons. The number of ether oxygens (including phenoxy) is 1. The highest BCUT2D eigenvalue weighted by atomic mass is 35.5. The normalized spacial score (nSPS) is 15.2. The number of hydrogen-bond acceptors (Lipinski definition) is 4. The zero-order valence-corrected chi connectivity index (χ0v) is 13.0. The monoisotopic (exact) mass is 314 g/mol. The largest absolute Gasteiger partial charge is 0.450 e. The molecule has 1 saturated heterocycles. The molecule has 2 rings (SSSR count). The minimum absolute atomic E-state index is 0.0265. The summed E-state index contributed by atoms with van der Waals surface area (Å²) >= 11 is 5.92. The van der Waals surface area contributed by atoms with E-state index in [9.17, 15) is 9.59 Å². The first-order valence-corrected chi connectivity index (χ1v) is 7.28. The molecule has 1 aromatic heterocycles. The Hall–Kier alpha value is -1.76. The molecular formula is C13H19ClN4O3. The van der Waals surface area contributed by atoms with Crippen LogP contribution in [0.15, 0.2) is 6.20 Å². The molecule has 1 aliphatic heterocycles. The van der Waals surface area contributed by atoms with E-state index in [4.69, 9.17) is 16.3 Å². The fourth-order valence-electron chi connectivity index (χ4n) is 2.16. The van der Waals surface area contributed by atoms with Gasteiger partial charge in [-0.3, -0.25) is 9.48 Å². The fraction of sp³-hybridized carbons (Fsp3) is 0.615. The molecule has 21 heavy (non-hydrogen) atoms. The molecular weight excluding hydrogens is 296 g/mol. The maximum atomic E-state index is 12.2. The van der Waals surface area contributed by atoms with Crippen molar-refractivity contribution in [1.82, 2.24) is 19.6 Å². The van der Waals surface area contributed by atoms with Gasteiger partial charge in [-0.2, -0.15) is 5.10 Å². The molecule has 0 N–H and O–H groups in total. The topological polar surface area (TPSA) is 67.7 Å². The molecule has 0 spiro atoms. The average molecular weight is 315 g/mol. The number of rotatable bonds is 3. The summed E-state index contributed by atoms with van der Waals surface area (Å²) in [5.41, 5.74) is 0.773. The lowest BCUT2D eigenvalue weighted by Gasteiger charge is -2.34. The molecule has 1 aliphatic rings. The first kappa shape index (κ1) is 15.6. The predicted octanol–water partition coefficient (Wildman–Crippen LogP) is 1.15. The molecule has 116 valence electrons. The van der Waals surface area contributed by atoms with Gasteiger partial charge in [0.2, 0.25) is 5.91 Å². The van der Waals surface area contributed by atoms with Gasteiger partial charge in [-0.15, -0.1) is 0 Å². The quantitative estimate of drug-likeness (QED) is 0.839. The second-order valence-electron chi connectivity index (χ2n) is 4.80. The van der Waals surface area contributed by atoms with Gasteiger partial charge in [-0.05, 0) is 13.8 Å². The predicted molar refractivity (Wildman–Crippen MR) is 77.1 cm³/mol. The van der Waals surface area contributed by atoms with Crippen LogP contribution < -0.4 is 0 Å². The van der Waals surface area contributed by atoms with Crippen molar-refractivity contribution in [2.45, 2.75) is 20.4 Å². The van der Waals surface area contributed by atoms with E-state index in [1.807, 2.05) is 6.92 Å². The second-order valence-corrected chi connectivity index (χ2v) is 5.21. The number of hydrogen-bond donors (Lipinski definition) is 0. The number of carbonyl (C=O) groups excluding carboxylic acids is 2. The molecule has 7 nitrogen and oxygen atoms in total. The third kappa shape index (κ3) is 3.66. The number of amides is 2. The second kappa shape index (κ2) is 6.80. The van der Waals surface area contributed by atoms with Crippen LogP contribution in [0, 0.1) is 6.92 Å². The number of carbonyl (C=O) groups is 2. The molecule has 0 atom stereocenters. The molecule has 2 heterocycles. The van der Waals surface area contributed by atoms with E-state index >= 15 is 0 Å². The molecule has 0 aromatic carbocycles. The lowest BCUT2D eigenvalue weighted by atomic mass is 10.3. The van der Waals surface area contributed by atoms with Crippen LogP contribution in [-0.2, 0) is 16.1 Å². The third-order valence-corrected chi connectivity index (χ3v) is 3.86. The highest BCUT2D eigenvalue weighted by molar-refractivity contribution is 6.31. The van der Waals surface area contributed by atoms with Gasteiger partial charge in [0.1, 0.15) is 6.54 Å². The average Bonchev–Trinajstić information content (AvgIpc) is 2.79. The van der Waals surface area contributed by atoms with Crippen molar-refractivity contribution in [3.05, 3.63) is 16.9 Å². The summed E-state index contributed by atoms with van der Waals surface area (Å²) in [6.07, 6.45) is 1.21. The maximum Gasteiger partial charge on any atom is 0.409 e. The van der Waals surface area contributed by atoms with Crippen LogP contribution in [0.5, 0.6) is 0 Å². The Morgan fingerprint density at radius 2 is 1.90 bits per heavy atom. The van der Waals surface area contributed by atoms with Gasteiger partial charge < -0.3 is 14.5 Å². The van der Waals surface area contributed by atoms with Crippen LogP contribution in [0.3, 0.4) is 0 Å². The maximum absolute atomic E-state index is 12.2. The van der Waals surface area contributed by atoms with E-state index in [1.54, 1.807) is 21.4 Å². The highest BCUT2D eigenvalue weighted by Crippen LogP contribution is 2.13. The van der Waals surface area contributed by atoms with Crippen molar-refractivity contribution in [3.63, 3.8) is 0 Å². The van der Waals surface area contributed by atoms with Crippen molar-refractivity contribution in [2.75, 3.05) is 32.8 Å². The molecule has 2 amide bonds. The Morgan fingerprint density at radius 3 is 2.43 bits per heavy atom. The number of piperazine rings is 1. The van der Waals surface area contributed by atoms with E-state index in [0.29, 0.717) is 37.8 Å². The van der Waals surface area contributed by atoms with E-state index in [0.717, 1.165) is 5.69 Å². The zero-order valence-electron chi connectivity index (χ0n) is 12.2. The van der Waals surface area contributed by atoms with E-state index in [2.05, 4.69) is 5.10 Å². The van der Waals surface area contributed by atoms with Crippen LogP contribution in [0.4, 0.5) is 4.79 Å². The zero-order chi connectivity index (χ0) is 15.4. The summed E-state index contributed by atoms with van der Waals surface area (Å²) in [6, 6.07) is 0. The Morgan fingerprint density at radius 1 is 1.29 bits per heavy atom. The lowest BCUT2D eigenvalue weighted by Crippen LogP contribution is -2.51. The van der Waals surface area contributed by atoms with Crippen molar-refractivity contribution >= 4 is 23.6 Å². The Labute approximate surface area is 128 Å².